The molecule has 1 aliphatic heterocycles. The van der Waals surface area contributed by atoms with Crippen LogP contribution in [0.15, 0.2) is 36.8 Å². The van der Waals surface area contributed by atoms with E-state index in [4.69, 9.17) is 9.47 Å². The van der Waals surface area contributed by atoms with Crippen molar-refractivity contribution in [3.63, 3.8) is 0 Å². The van der Waals surface area contributed by atoms with Crippen molar-refractivity contribution in [2.45, 2.75) is 19.9 Å². The summed E-state index contributed by atoms with van der Waals surface area (Å²) in [6.07, 6.45) is 3.30. The van der Waals surface area contributed by atoms with Gasteiger partial charge in [-0.25, -0.2) is 9.97 Å². The number of ether oxygens (including phenoxy) is 2. The van der Waals surface area contributed by atoms with Gasteiger partial charge >= 0.3 is 0 Å². The summed E-state index contributed by atoms with van der Waals surface area (Å²) in [5.41, 5.74) is 2.55. The third kappa shape index (κ3) is 2.44. The molecule has 0 fully saturated rings. The zero-order chi connectivity index (χ0) is 16.7. The minimum atomic E-state index is -0.248. The average Bonchev–Trinajstić information content (AvgIpc) is 3.20. The van der Waals surface area contributed by atoms with Gasteiger partial charge in [-0.1, -0.05) is 0 Å². The predicted octanol–water partition coefficient (Wildman–Crippen LogP) is 2.99. The summed E-state index contributed by atoms with van der Waals surface area (Å²) in [6, 6.07) is 7.27. The molecule has 4 rings (SSSR count). The van der Waals surface area contributed by atoms with Crippen molar-refractivity contribution < 1.29 is 14.3 Å². The number of anilines is 1. The minimum Gasteiger partial charge on any atom is -0.454 e. The molecule has 1 aliphatic rings. The van der Waals surface area contributed by atoms with Crippen LogP contribution in [0.1, 0.15) is 30.2 Å². The van der Waals surface area contributed by atoms with Crippen LogP contribution < -0.4 is 14.8 Å². The highest BCUT2D eigenvalue weighted by molar-refractivity contribution is 6.05. The Morgan fingerprint density at radius 1 is 1.21 bits per heavy atom. The molecule has 3 aromatic rings. The molecule has 0 spiro atoms. The number of imidazole rings is 1. The third-order valence-electron chi connectivity index (χ3n) is 3.86. The highest BCUT2D eigenvalue weighted by Crippen LogP contribution is 2.34. The van der Waals surface area contributed by atoms with Crippen molar-refractivity contribution in [2.75, 3.05) is 12.1 Å². The van der Waals surface area contributed by atoms with E-state index in [9.17, 15) is 4.79 Å². The molecule has 2 aromatic heterocycles. The summed E-state index contributed by atoms with van der Waals surface area (Å²) in [7, 11) is 0. The van der Waals surface area contributed by atoms with Gasteiger partial charge in [0.15, 0.2) is 17.1 Å². The fourth-order valence-electron chi connectivity index (χ4n) is 2.60. The van der Waals surface area contributed by atoms with Crippen molar-refractivity contribution in [1.29, 1.82) is 0 Å². The Bertz CT molecular complexity index is 933. The number of benzene rings is 1. The molecule has 0 unspecified atom stereocenters. The van der Waals surface area contributed by atoms with Gasteiger partial charge in [0.1, 0.15) is 5.52 Å². The maximum absolute atomic E-state index is 12.4. The van der Waals surface area contributed by atoms with Gasteiger partial charge in [0.05, 0.1) is 11.9 Å². The second kappa shape index (κ2) is 5.52. The first-order chi connectivity index (χ1) is 11.6. The van der Waals surface area contributed by atoms with Crippen LogP contribution in [0.25, 0.3) is 11.2 Å². The summed E-state index contributed by atoms with van der Waals surface area (Å²) in [5, 5.41) is 2.83. The van der Waals surface area contributed by atoms with Gasteiger partial charge in [0, 0.05) is 24.0 Å². The quantitative estimate of drug-likeness (QED) is 0.801. The minimum absolute atomic E-state index is 0.200. The molecule has 1 aromatic carbocycles. The summed E-state index contributed by atoms with van der Waals surface area (Å²) in [5.74, 6) is 1.05. The van der Waals surface area contributed by atoms with Crippen LogP contribution in [0.3, 0.4) is 0 Å². The van der Waals surface area contributed by atoms with Gasteiger partial charge in [-0.3, -0.25) is 4.79 Å². The van der Waals surface area contributed by atoms with E-state index in [1.54, 1.807) is 36.8 Å². The van der Waals surface area contributed by atoms with E-state index in [1.165, 1.54) is 0 Å². The zero-order valence-corrected chi connectivity index (χ0v) is 13.3. The number of carbonyl (C=O) groups is 1. The number of pyridine rings is 1. The van der Waals surface area contributed by atoms with Crippen LogP contribution in [0.2, 0.25) is 0 Å². The topological polar surface area (TPSA) is 78.3 Å². The van der Waals surface area contributed by atoms with Gasteiger partial charge in [-0.05, 0) is 32.0 Å². The Hall–Kier alpha value is -3.09. The Morgan fingerprint density at radius 2 is 2.04 bits per heavy atom. The molecule has 0 saturated carbocycles. The highest BCUT2D eigenvalue weighted by Gasteiger charge is 2.16. The molecule has 1 amide bonds. The molecular weight excluding hydrogens is 308 g/mol. The summed E-state index contributed by atoms with van der Waals surface area (Å²) in [4.78, 5) is 21.1. The number of carbonyl (C=O) groups excluding carboxylic acids is 1. The summed E-state index contributed by atoms with van der Waals surface area (Å²) < 4.78 is 12.5. The first-order valence-electron chi connectivity index (χ1n) is 7.65. The number of amides is 1. The lowest BCUT2D eigenvalue weighted by atomic mass is 10.2. The van der Waals surface area contributed by atoms with Crippen LogP contribution in [-0.2, 0) is 0 Å². The van der Waals surface area contributed by atoms with Gasteiger partial charge in [-0.15, -0.1) is 0 Å². The van der Waals surface area contributed by atoms with E-state index in [-0.39, 0.29) is 18.7 Å². The van der Waals surface area contributed by atoms with Crippen molar-refractivity contribution in [3.8, 4) is 11.5 Å². The van der Waals surface area contributed by atoms with E-state index in [0.717, 1.165) is 5.65 Å². The van der Waals surface area contributed by atoms with Crippen molar-refractivity contribution in [2.24, 2.45) is 0 Å². The number of fused-ring (bicyclic) bond motifs is 2. The van der Waals surface area contributed by atoms with E-state index in [1.807, 2.05) is 4.57 Å². The number of nitrogens with zero attached hydrogens (tertiary/aromatic N) is 3. The van der Waals surface area contributed by atoms with Crippen molar-refractivity contribution in [1.82, 2.24) is 14.5 Å². The van der Waals surface area contributed by atoms with E-state index >= 15 is 0 Å². The van der Waals surface area contributed by atoms with Crippen LogP contribution in [0, 0.1) is 0 Å². The normalized spacial score (nSPS) is 12.8. The second-order valence-electron chi connectivity index (χ2n) is 5.83. The smallest absolute Gasteiger partial charge is 0.257 e. The Morgan fingerprint density at radius 3 is 2.88 bits per heavy atom. The molecule has 122 valence electrons. The average molecular weight is 324 g/mol. The molecular formula is C17H16N4O3. The Balaban J connectivity index is 1.59. The lowest BCUT2D eigenvalue weighted by Crippen LogP contribution is -2.12. The number of aromatic nitrogens is 3. The molecule has 7 nitrogen and oxygen atoms in total. The standard InChI is InChI=1S/C17H16N4O3/c1-10(2)21-8-19-13-5-11(7-18-16(13)21)17(22)20-12-3-4-14-15(6-12)24-9-23-14/h3-8,10H,9H2,1-2H3,(H,20,22). The molecule has 24 heavy (non-hydrogen) atoms. The van der Waals surface area contributed by atoms with Gasteiger partial charge in [0.25, 0.3) is 5.91 Å². The fourth-order valence-corrected chi connectivity index (χ4v) is 2.60. The molecule has 0 saturated heterocycles. The van der Waals surface area contributed by atoms with Crippen molar-refractivity contribution >= 4 is 22.8 Å². The van der Waals surface area contributed by atoms with Gasteiger partial charge < -0.3 is 19.4 Å². The van der Waals surface area contributed by atoms with Crippen molar-refractivity contribution in [3.05, 3.63) is 42.4 Å². The van der Waals surface area contributed by atoms with Crippen LogP contribution >= 0.6 is 0 Å². The third-order valence-corrected chi connectivity index (χ3v) is 3.86. The van der Waals surface area contributed by atoms with Gasteiger partial charge in [-0.2, -0.15) is 0 Å². The molecule has 1 N–H and O–H groups in total. The monoisotopic (exact) mass is 324 g/mol. The molecule has 0 atom stereocenters. The maximum atomic E-state index is 12.4. The van der Waals surface area contributed by atoms with Crippen LogP contribution in [0.5, 0.6) is 11.5 Å². The van der Waals surface area contributed by atoms with E-state index < -0.39 is 0 Å². The molecule has 0 aliphatic carbocycles. The largest absolute Gasteiger partial charge is 0.454 e. The number of hydrogen-bond acceptors (Lipinski definition) is 5. The van der Waals surface area contributed by atoms with Gasteiger partial charge in [0.2, 0.25) is 6.79 Å². The predicted molar refractivity (Wildman–Crippen MR) is 88.4 cm³/mol. The number of nitrogens with one attached hydrogen (secondary N) is 1. The van der Waals surface area contributed by atoms with Crippen LogP contribution in [-0.4, -0.2) is 27.2 Å². The lowest BCUT2D eigenvalue weighted by molar-refractivity contribution is 0.102. The van der Waals surface area contributed by atoms with Crippen LogP contribution in [0.4, 0.5) is 5.69 Å². The van der Waals surface area contributed by atoms with E-state index in [2.05, 4.69) is 29.1 Å². The maximum Gasteiger partial charge on any atom is 0.257 e. The Kier molecular flexibility index (Phi) is 3.34. The molecule has 7 heteroatoms. The summed E-state index contributed by atoms with van der Waals surface area (Å²) in [6.45, 7) is 4.32. The van der Waals surface area contributed by atoms with E-state index in [0.29, 0.717) is 28.3 Å². The lowest BCUT2D eigenvalue weighted by Gasteiger charge is -2.08. The SMILES string of the molecule is CC(C)n1cnc2cc(C(=O)Nc3ccc4c(c3)OCO4)cnc21. The Labute approximate surface area is 138 Å². The summed E-state index contributed by atoms with van der Waals surface area (Å²) >= 11 is 0. The highest BCUT2D eigenvalue weighted by atomic mass is 16.7. The number of rotatable bonds is 3. The first kappa shape index (κ1) is 14.5. The molecule has 0 radical (unpaired) electrons. The first-order valence-corrected chi connectivity index (χ1v) is 7.65. The molecule has 3 heterocycles. The number of hydrogen-bond donors (Lipinski definition) is 1. The zero-order valence-electron chi connectivity index (χ0n) is 13.3. The second-order valence-corrected chi connectivity index (χ2v) is 5.83. The fraction of sp³-hybridized carbons (Fsp3) is 0.235. The molecule has 0 bridgehead atoms.